The number of hydrogen-bond acceptors (Lipinski definition) is 5. The molecule has 0 radical (unpaired) electrons. The van der Waals surface area contributed by atoms with E-state index in [1.54, 1.807) is 7.05 Å². The molecule has 2 N–H and O–H groups in total. The van der Waals surface area contributed by atoms with Crippen LogP contribution < -0.4 is 20.3 Å². The third kappa shape index (κ3) is 6.73. The Morgan fingerprint density at radius 3 is 2.60 bits per heavy atom. The monoisotopic (exact) mass is 525 g/mol. The molecule has 1 aromatic carbocycles. The Morgan fingerprint density at radius 1 is 1.17 bits per heavy atom. The van der Waals surface area contributed by atoms with Gasteiger partial charge in [0, 0.05) is 50.6 Å². The summed E-state index contributed by atoms with van der Waals surface area (Å²) in [6.45, 7) is 9.21. The third-order valence-electron chi connectivity index (χ3n) is 4.82. The Balaban J connectivity index is 0.00000320. The first-order valence-electron chi connectivity index (χ1n) is 10.1. The summed E-state index contributed by atoms with van der Waals surface area (Å²) < 4.78 is 11.2. The van der Waals surface area contributed by atoms with Crippen molar-refractivity contribution in [1.82, 2.24) is 15.6 Å². The lowest BCUT2D eigenvalue weighted by Gasteiger charge is -2.29. The molecule has 7 nitrogen and oxygen atoms in total. The van der Waals surface area contributed by atoms with E-state index >= 15 is 0 Å². The van der Waals surface area contributed by atoms with Crippen LogP contribution in [0.15, 0.2) is 41.5 Å². The van der Waals surface area contributed by atoms with Gasteiger partial charge in [-0.05, 0) is 31.5 Å². The second-order valence-electron chi connectivity index (χ2n) is 6.91. The molecule has 30 heavy (non-hydrogen) atoms. The van der Waals surface area contributed by atoms with Crippen molar-refractivity contribution >= 4 is 35.8 Å². The zero-order valence-corrected chi connectivity index (χ0v) is 20.3. The standard InChI is InChI=1S/C22H31N5O2.HI/c1-4-29-20-14-17(2)7-8-18(20)15-25-22(23-3)26-16-19-6-5-9-24-21(19)27-10-12-28-13-11-27;/h5-9,14H,4,10-13,15-16H2,1-3H3,(H2,23,25,26);1H. The number of morpholine rings is 1. The number of pyridine rings is 1. The van der Waals surface area contributed by atoms with E-state index in [0.29, 0.717) is 19.7 Å². The van der Waals surface area contributed by atoms with Gasteiger partial charge in [0.15, 0.2) is 5.96 Å². The predicted molar refractivity (Wildman–Crippen MR) is 132 cm³/mol. The molecule has 1 saturated heterocycles. The highest BCUT2D eigenvalue weighted by atomic mass is 127. The topological polar surface area (TPSA) is 71.0 Å². The Morgan fingerprint density at radius 2 is 1.90 bits per heavy atom. The minimum Gasteiger partial charge on any atom is -0.494 e. The fourth-order valence-corrected chi connectivity index (χ4v) is 3.30. The number of hydrogen-bond donors (Lipinski definition) is 2. The minimum atomic E-state index is 0. The summed E-state index contributed by atoms with van der Waals surface area (Å²) in [7, 11) is 1.78. The molecule has 0 spiro atoms. The first-order chi connectivity index (χ1) is 14.2. The fourth-order valence-electron chi connectivity index (χ4n) is 3.30. The number of rotatable bonds is 7. The van der Waals surface area contributed by atoms with Crippen LogP contribution in [0.1, 0.15) is 23.6 Å². The van der Waals surface area contributed by atoms with Crippen LogP contribution in [0, 0.1) is 6.92 Å². The molecular formula is C22H32IN5O2. The SMILES string of the molecule is CCOc1cc(C)ccc1CNC(=NC)NCc1cccnc1N1CCOCC1.I. The van der Waals surface area contributed by atoms with Crippen molar-refractivity contribution in [2.24, 2.45) is 4.99 Å². The van der Waals surface area contributed by atoms with Crippen LogP contribution in [0.4, 0.5) is 5.82 Å². The second kappa shape index (κ2) is 12.6. The molecule has 2 heterocycles. The van der Waals surface area contributed by atoms with Gasteiger partial charge in [0.2, 0.25) is 0 Å². The molecule has 0 atom stereocenters. The average Bonchev–Trinajstić information content (AvgIpc) is 2.76. The highest BCUT2D eigenvalue weighted by Crippen LogP contribution is 2.20. The quantitative estimate of drug-likeness (QED) is 0.329. The lowest BCUT2D eigenvalue weighted by molar-refractivity contribution is 0.122. The number of guanidine groups is 1. The van der Waals surface area contributed by atoms with E-state index < -0.39 is 0 Å². The van der Waals surface area contributed by atoms with Gasteiger partial charge >= 0.3 is 0 Å². The number of aliphatic imine (C=N–C) groups is 1. The van der Waals surface area contributed by atoms with E-state index in [9.17, 15) is 0 Å². The van der Waals surface area contributed by atoms with Crippen LogP contribution in [0.3, 0.4) is 0 Å². The van der Waals surface area contributed by atoms with Crippen molar-refractivity contribution in [2.45, 2.75) is 26.9 Å². The van der Waals surface area contributed by atoms with Gasteiger partial charge in [-0.3, -0.25) is 4.99 Å². The molecule has 0 aliphatic carbocycles. The molecule has 164 valence electrons. The highest BCUT2D eigenvalue weighted by Gasteiger charge is 2.16. The number of halogens is 1. The van der Waals surface area contributed by atoms with Crippen LogP contribution in [0.2, 0.25) is 0 Å². The van der Waals surface area contributed by atoms with Crippen molar-refractivity contribution < 1.29 is 9.47 Å². The van der Waals surface area contributed by atoms with Gasteiger partial charge < -0.3 is 25.0 Å². The molecule has 1 aliphatic rings. The zero-order valence-electron chi connectivity index (χ0n) is 18.0. The molecule has 0 saturated carbocycles. The number of anilines is 1. The second-order valence-corrected chi connectivity index (χ2v) is 6.91. The largest absolute Gasteiger partial charge is 0.494 e. The molecule has 2 aromatic rings. The summed E-state index contributed by atoms with van der Waals surface area (Å²) >= 11 is 0. The summed E-state index contributed by atoms with van der Waals surface area (Å²) in [5.41, 5.74) is 3.44. The van der Waals surface area contributed by atoms with Gasteiger partial charge in [-0.1, -0.05) is 18.2 Å². The average molecular weight is 525 g/mol. The minimum absolute atomic E-state index is 0. The van der Waals surface area contributed by atoms with Crippen LogP contribution in [0.5, 0.6) is 5.75 Å². The summed E-state index contributed by atoms with van der Waals surface area (Å²) in [4.78, 5) is 11.2. The molecular weight excluding hydrogens is 493 g/mol. The third-order valence-corrected chi connectivity index (χ3v) is 4.82. The summed E-state index contributed by atoms with van der Waals surface area (Å²) in [5.74, 6) is 2.66. The molecule has 1 aromatic heterocycles. The maximum atomic E-state index is 5.77. The van der Waals surface area contributed by atoms with Gasteiger partial charge in [-0.2, -0.15) is 0 Å². The molecule has 1 fully saturated rings. The van der Waals surface area contributed by atoms with Crippen LogP contribution in [-0.2, 0) is 17.8 Å². The number of nitrogens with one attached hydrogen (secondary N) is 2. The smallest absolute Gasteiger partial charge is 0.191 e. The van der Waals surface area contributed by atoms with Crippen molar-refractivity contribution in [1.29, 1.82) is 0 Å². The van der Waals surface area contributed by atoms with Crippen molar-refractivity contribution in [2.75, 3.05) is 44.9 Å². The van der Waals surface area contributed by atoms with Crippen molar-refractivity contribution in [3.05, 3.63) is 53.2 Å². The Labute approximate surface area is 196 Å². The highest BCUT2D eigenvalue weighted by molar-refractivity contribution is 14.0. The van der Waals surface area contributed by atoms with Gasteiger partial charge in [0.1, 0.15) is 11.6 Å². The van der Waals surface area contributed by atoms with Gasteiger partial charge in [0.25, 0.3) is 0 Å². The predicted octanol–water partition coefficient (Wildman–Crippen LogP) is 3.11. The Hall–Kier alpha value is -2.07. The maximum absolute atomic E-state index is 5.77. The first kappa shape index (κ1) is 24.2. The van der Waals surface area contributed by atoms with Crippen LogP contribution >= 0.6 is 24.0 Å². The fraction of sp³-hybridized carbons (Fsp3) is 0.455. The van der Waals surface area contributed by atoms with Gasteiger partial charge in [-0.15, -0.1) is 24.0 Å². The molecule has 0 unspecified atom stereocenters. The molecule has 8 heteroatoms. The van der Waals surface area contributed by atoms with E-state index in [1.807, 2.05) is 19.2 Å². The van der Waals surface area contributed by atoms with E-state index in [-0.39, 0.29) is 24.0 Å². The van der Waals surface area contributed by atoms with Crippen molar-refractivity contribution in [3.8, 4) is 5.75 Å². The summed E-state index contributed by atoms with van der Waals surface area (Å²) in [6.07, 6.45) is 1.84. The zero-order chi connectivity index (χ0) is 20.5. The maximum Gasteiger partial charge on any atom is 0.191 e. The Kier molecular flexibility index (Phi) is 10.2. The molecule has 3 rings (SSSR count). The van der Waals surface area contributed by atoms with Crippen molar-refractivity contribution in [3.63, 3.8) is 0 Å². The van der Waals surface area contributed by atoms with E-state index in [2.05, 4.69) is 56.7 Å². The molecule has 1 aliphatic heterocycles. The van der Waals surface area contributed by atoms with Gasteiger partial charge in [-0.25, -0.2) is 4.98 Å². The number of aromatic nitrogens is 1. The first-order valence-corrected chi connectivity index (χ1v) is 10.1. The van der Waals surface area contributed by atoms with Crippen LogP contribution in [-0.4, -0.2) is 50.9 Å². The van der Waals surface area contributed by atoms with Gasteiger partial charge in [0.05, 0.1) is 19.8 Å². The van der Waals surface area contributed by atoms with Crippen LogP contribution in [0.25, 0.3) is 0 Å². The summed E-state index contributed by atoms with van der Waals surface area (Å²) in [6, 6.07) is 10.3. The number of benzene rings is 1. The summed E-state index contributed by atoms with van der Waals surface area (Å²) in [5, 5.41) is 6.78. The van der Waals surface area contributed by atoms with E-state index in [1.165, 1.54) is 5.56 Å². The normalized spacial score (nSPS) is 14.1. The number of aryl methyl sites for hydroxylation is 1. The number of ether oxygens (including phenoxy) is 2. The lowest BCUT2D eigenvalue weighted by Crippen LogP contribution is -2.39. The van der Waals surface area contributed by atoms with E-state index in [0.717, 1.165) is 55.0 Å². The molecule has 0 bridgehead atoms. The molecule has 0 amide bonds. The Bertz CT molecular complexity index is 825. The van der Waals surface area contributed by atoms with E-state index in [4.69, 9.17) is 9.47 Å². The lowest BCUT2D eigenvalue weighted by atomic mass is 10.1. The number of nitrogens with zero attached hydrogens (tertiary/aromatic N) is 3.